The van der Waals surface area contributed by atoms with E-state index in [0.717, 1.165) is 31.6 Å². The summed E-state index contributed by atoms with van der Waals surface area (Å²) in [4.78, 5) is 18.5. The Morgan fingerprint density at radius 3 is 2.78 bits per heavy atom. The van der Waals surface area contributed by atoms with Gasteiger partial charge in [-0.25, -0.2) is 5.43 Å². The molecular formula is C18H24N4O. The Kier molecular flexibility index (Phi) is 4.46. The van der Waals surface area contributed by atoms with Gasteiger partial charge in [-0.1, -0.05) is 13.8 Å². The predicted molar refractivity (Wildman–Crippen MR) is 91.0 cm³/mol. The number of hydrazone groups is 1. The minimum atomic E-state index is -0.217. The van der Waals surface area contributed by atoms with Crippen LogP contribution in [0.3, 0.4) is 0 Å². The van der Waals surface area contributed by atoms with Gasteiger partial charge in [-0.2, -0.15) is 5.10 Å². The van der Waals surface area contributed by atoms with Crippen molar-refractivity contribution in [3.05, 3.63) is 41.9 Å². The number of hydrogen-bond acceptors (Lipinski definition) is 4. The second-order valence-electron chi connectivity index (χ2n) is 7.13. The van der Waals surface area contributed by atoms with Crippen LogP contribution in [0.15, 0.2) is 41.4 Å². The minimum absolute atomic E-state index is 0.171. The molecule has 1 amide bonds. The summed E-state index contributed by atoms with van der Waals surface area (Å²) < 4.78 is 0. The molecule has 1 aliphatic carbocycles. The molecule has 5 heteroatoms. The molecule has 122 valence electrons. The molecule has 2 heterocycles. The van der Waals surface area contributed by atoms with Gasteiger partial charge in [0, 0.05) is 31.2 Å². The molecule has 1 fully saturated rings. The molecule has 23 heavy (non-hydrogen) atoms. The number of nitrogens with zero attached hydrogens (tertiary/aromatic N) is 3. The van der Waals surface area contributed by atoms with Gasteiger partial charge in [0.15, 0.2) is 0 Å². The van der Waals surface area contributed by atoms with Crippen LogP contribution in [-0.4, -0.2) is 34.6 Å². The summed E-state index contributed by atoms with van der Waals surface area (Å²) in [5.74, 6) is -0.217. The van der Waals surface area contributed by atoms with Gasteiger partial charge < -0.3 is 4.90 Å². The highest BCUT2D eigenvalue weighted by Crippen LogP contribution is 2.36. The summed E-state index contributed by atoms with van der Waals surface area (Å²) in [5, 5.41) is 4.36. The van der Waals surface area contributed by atoms with Gasteiger partial charge in [-0.15, -0.1) is 0 Å². The topological polar surface area (TPSA) is 57.6 Å². The van der Waals surface area contributed by atoms with Crippen molar-refractivity contribution in [2.75, 3.05) is 13.1 Å². The third kappa shape index (κ3) is 3.97. The molecule has 0 saturated carbocycles. The van der Waals surface area contributed by atoms with Gasteiger partial charge in [0.2, 0.25) is 0 Å². The van der Waals surface area contributed by atoms with E-state index in [1.54, 1.807) is 24.5 Å². The number of pyridine rings is 1. The lowest BCUT2D eigenvalue weighted by Crippen LogP contribution is -2.31. The molecule has 1 aliphatic heterocycles. The van der Waals surface area contributed by atoms with Crippen LogP contribution in [0.25, 0.3) is 0 Å². The summed E-state index contributed by atoms with van der Waals surface area (Å²) >= 11 is 0. The number of carbonyl (C=O) groups is 1. The number of rotatable bonds is 3. The van der Waals surface area contributed by atoms with Gasteiger partial charge in [0.1, 0.15) is 0 Å². The average molecular weight is 312 g/mol. The molecule has 1 N–H and O–H groups in total. The molecule has 3 rings (SSSR count). The van der Waals surface area contributed by atoms with E-state index < -0.39 is 0 Å². The molecule has 0 bridgehead atoms. The first-order valence-electron chi connectivity index (χ1n) is 8.26. The van der Waals surface area contributed by atoms with Crippen molar-refractivity contribution >= 4 is 11.6 Å². The van der Waals surface area contributed by atoms with E-state index in [4.69, 9.17) is 0 Å². The summed E-state index contributed by atoms with van der Waals surface area (Å²) in [5.41, 5.74) is 5.66. The Hall–Kier alpha value is -2.17. The fourth-order valence-electron chi connectivity index (χ4n) is 3.30. The molecule has 1 aromatic rings. The maximum atomic E-state index is 12.1. The molecule has 2 aliphatic rings. The van der Waals surface area contributed by atoms with Crippen LogP contribution in [0.4, 0.5) is 0 Å². The number of aromatic nitrogens is 1. The Labute approximate surface area is 137 Å². The number of carbonyl (C=O) groups excluding carboxylic acids is 1. The van der Waals surface area contributed by atoms with Crippen LogP contribution < -0.4 is 5.43 Å². The van der Waals surface area contributed by atoms with Crippen molar-refractivity contribution in [3.8, 4) is 0 Å². The molecule has 0 radical (unpaired) electrons. The highest BCUT2D eigenvalue weighted by Gasteiger charge is 2.29. The van der Waals surface area contributed by atoms with E-state index in [2.05, 4.69) is 40.3 Å². The minimum Gasteiger partial charge on any atom is -0.375 e. The van der Waals surface area contributed by atoms with E-state index >= 15 is 0 Å². The maximum Gasteiger partial charge on any atom is 0.272 e. The zero-order chi connectivity index (χ0) is 16.3. The van der Waals surface area contributed by atoms with Crippen molar-refractivity contribution in [1.29, 1.82) is 0 Å². The van der Waals surface area contributed by atoms with Crippen LogP contribution in [0, 0.1) is 5.41 Å². The summed E-state index contributed by atoms with van der Waals surface area (Å²) in [7, 11) is 0. The number of hydrogen-bond donors (Lipinski definition) is 1. The van der Waals surface area contributed by atoms with Gasteiger partial charge >= 0.3 is 0 Å². The smallest absolute Gasteiger partial charge is 0.272 e. The summed E-state index contributed by atoms with van der Waals surface area (Å²) in [6.07, 6.45) is 9.83. The van der Waals surface area contributed by atoms with E-state index in [1.165, 1.54) is 18.5 Å². The fourth-order valence-corrected chi connectivity index (χ4v) is 3.30. The quantitative estimate of drug-likeness (QED) is 0.873. The average Bonchev–Trinajstić information content (AvgIpc) is 3.06. The number of nitrogens with one attached hydrogen (secondary N) is 1. The zero-order valence-electron chi connectivity index (χ0n) is 13.9. The van der Waals surface area contributed by atoms with Crippen LogP contribution in [0.2, 0.25) is 0 Å². The number of amides is 1. The molecule has 0 unspecified atom stereocenters. The van der Waals surface area contributed by atoms with Crippen molar-refractivity contribution in [3.63, 3.8) is 0 Å². The van der Waals surface area contributed by atoms with Crippen LogP contribution >= 0.6 is 0 Å². The van der Waals surface area contributed by atoms with E-state index in [1.807, 2.05) is 0 Å². The second kappa shape index (κ2) is 6.52. The molecule has 0 atom stereocenters. The molecule has 5 nitrogen and oxygen atoms in total. The molecule has 0 spiro atoms. The molecule has 1 aromatic heterocycles. The van der Waals surface area contributed by atoms with Gasteiger partial charge in [-0.05, 0) is 49.3 Å². The lowest BCUT2D eigenvalue weighted by Gasteiger charge is -2.34. The Bertz CT molecular complexity index is 628. The highest BCUT2D eigenvalue weighted by molar-refractivity contribution is 5.99. The van der Waals surface area contributed by atoms with Gasteiger partial charge in [0.05, 0.1) is 11.3 Å². The molecule has 0 aromatic carbocycles. The predicted octanol–water partition coefficient (Wildman–Crippen LogP) is 2.97. The first-order valence-corrected chi connectivity index (χ1v) is 8.26. The van der Waals surface area contributed by atoms with Crippen molar-refractivity contribution in [1.82, 2.24) is 15.3 Å². The van der Waals surface area contributed by atoms with E-state index in [-0.39, 0.29) is 11.3 Å². The second-order valence-corrected chi connectivity index (χ2v) is 7.13. The van der Waals surface area contributed by atoms with Gasteiger partial charge in [-0.3, -0.25) is 9.78 Å². The van der Waals surface area contributed by atoms with Crippen molar-refractivity contribution < 1.29 is 4.79 Å². The zero-order valence-corrected chi connectivity index (χ0v) is 13.9. The third-order valence-corrected chi connectivity index (χ3v) is 4.39. The van der Waals surface area contributed by atoms with Gasteiger partial charge in [0.25, 0.3) is 5.91 Å². The number of allylic oxidation sites excluding steroid dienone is 2. The van der Waals surface area contributed by atoms with Crippen LogP contribution in [-0.2, 0) is 0 Å². The fraction of sp³-hybridized carbons (Fsp3) is 0.500. The SMILES string of the molecule is CC1(C)CC(N2CCCC2)=CC(=NNC(=O)c2cccnc2)C1. The Morgan fingerprint density at radius 2 is 2.09 bits per heavy atom. The van der Waals surface area contributed by atoms with E-state index in [0.29, 0.717) is 5.56 Å². The Balaban J connectivity index is 1.74. The number of likely N-dealkylation sites (tertiary alicyclic amines) is 1. The first-order chi connectivity index (χ1) is 11.0. The van der Waals surface area contributed by atoms with Crippen LogP contribution in [0.5, 0.6) is 0 Å². The van der Waals surface area contributed by atoms with E-state index in [9.17, 15) is 4.79 Å². The lowest BCUT2D eigenvalue weighted by atomic mass is 9.78. The van der Waals surface area contributed by atoms with Crippen LogP contribution in [0.1, 0.15) is 49.9 Å². The molecular weight excluding hydrogens is 288 g/mol. The third-order valence-electron chi connectivity index (χ3n) is 4.39. The summed E-state index contributed by atoms with van der Waals surface area (Å²) in [6, 6.07) is 3.48. The Morgan fingerprint density at radius 1 is 1.30 bits per heavy atom. The first kappa shape index (κ1) is 15.7. The lowest BCUT2D eigenvalue weighted by molar-refractivity contribution is 0.0954. The molecule has 1 saturated heterocycles. The monoisotopic (exact) mass is 312 g/mol. The standard InChI is InChI=1S/C18H24N4O/c1-18(2)11-15(10-16(12-18)22-8-3-4-9-22)20-21-17(23)14-6-5-7-19-13-14/h5-7,10,13H,3-4,8-9,11-12H2,1-2H3,(H,21,23). The van der Waals surface area contributed by atoms with Crippen molar-refractivity contribution in [2.24, 2.45) is 10.5 Å². The normalized spacial score (nSPS) is 22.1. The maximum absolute atomic E-state index is 12.1. The largest absolute Gasteiger partial charge is 0.375 e. The summed E-state index contributed by atoms with van der Waals surface area (Å²) in [6.45, 7) is 6.79. The highest BCUT2D eigenvalue weighted by atomic mass is 16.2. The van der Waals surface area contributed by atoms with Crippen molar-refractivity contribution in [2.45, 2.75) is 39.5 Å².